The quantitative estimate of drug-likeness (QED) is 0.618. The summed E-state index contributed by atoms with van der Waals surface area (Å²) in [7, 11) is 0.207. The van der Waals surface area contributed by atoms with Gasteiger partial charge >= 0.3 is 0 Å². The molecule has 3 heteroatoms. The summed E-state index contributed by atoms with van der Waals surface area (Å²) in [6, 6.07) is 7.97. The molecule has 1 fully saturated rings. The number of Topliss-reactive ketones (excluding diaryl/α,β-unsaturated/α-hetero) is 1. The van der Waals surface area contributed by atoms with Crippen LogP contribution in [0, 0.1) is 6.92 Å². The molecule has 1 aromatic carbocycles. The molecule has 0 aliphatic carbocycles. The molecule has 1 aliphatic heterocycles. The standard InChI is InChI=1S/C15H21O2S/c1-3-14(18-10-8-17-9-11-18)15(16)13-6-4-12(2)5-7-13/h4-7,14H,3,8-11H2,1-2H3/q+1. The molecule has 0 bridgehead atoms. The van der Waals surface area contributed by atoms with Crippen LogP contribution >= 0.6 is 0 Å². The average molecular weight is 265 g/mol. The highest BCUT2D eigenvalue weighted by Crippen LogP contribution is 2.19. The minimum absolute atomic E-state index is 0.191. The van der Waals surface area contributed by atoms with Crippen LogP contribution in [0.25, 0.3) is 0 Å². The van der Waals surface area contributed by atoms with E-state index >= 15 is 0 Å². The summed E-state index contributed by atoms with van der Waals surface area (Å²) in [6.45, 7) is 5.81. The molecule has 1 aromatic rings. The Morgan fingerprint density at radius 3 is 2.44 bits per heavy atom. The number of carbonyl (C=O) groups is 1. The Kier molecular flexibility index (Phi) is 4.84. The predicted octanol–water partition coefficient (Wildman–Crippen LogP) is 2.60. The highest BCUT2D eigenvalue weighted by Gasteiger charge is 2.36. The summed E-state index contributed by atoms with van der Waals surface area (Å²) in [5.41, 5.74) is 2.07. The van der Waals surface area contributed by atoms with Gasteiger partial charge in [-0.25, -0.2) is 0 Å². The van der Waals surface area contributed by atoms with Crippen molar-refractivity contribution < 1.29 is 9.53 Å². The molecule has 1 heterocycles. The van der Waals surface area contributed by atoms with Crippen LogP contribution in [0.4, 0.5) is 0 Å². The number of carbonyl (C=O) groups excluding carboxylic acids is 1. The number of aryl methyl sites for hydroxylation is 1. The van der Waals surface area contributed by atoms with Crippen molar-refractivity contribution in [3.8, 4) is 0 Å². The third-order valence-corrected chi connectivity index (χ3v) is 6.12. The summed E-state index contributed by atoms with van der Waals surface area (Å²) in [6.07, 6.45) is 0.940. The Morgan fingerprint density at radius 2 is 1.89 bits per heavy atom. The maximum atomic E-state index is 12.6. The van der Waals surface area contributed by atoms with Crippen molar-refractivity contribution in [2.45, 2.75) is 25.5 Å². The van der Waals surface area contributed by atoms with E-state index in [0.29, 0.717) is 5.78 Å². The van der Waals surface area contributed by atoms with Crippen molar-refractivity contribution in [3.63, 3.8) is 0 Å². The fraction of sp³-hybridized carbons (Fsp3) is 0.533. The second-order valence-corrected chi connectivity index (χ2v) is 7.15. The zero-order valence-corrected chi connectivity index (χ0v) is 12.0. The first-order valence-electron chi connectivity index (χ1n) is 6.57. The van der Waals surface area contributed by atoms with Crippen LogP contribution < -0.4 is 0 Å². The normalized spacial score (nSPS) is 18.6. The Balaban J connectivity index is 2.11. The second-order valence-electron chi connectivity index (χ2n) is 4.69. The lowest BCUT2D eigenvalue weighted by atomic mass is 10.1. The lowest BCUT2D eigenvalue weighted by Crippen LogP contribution is -2.39. The zero-order chi connectivity index (χ0) is 13.0. The fourth-order valence-electron chi connectivity index (χ4n) is 2.30. The topological polar surface area (TPSA) is 26.3 Å². The van der Waals surface area contributed by atoms with Crippen molar-refractivity contribution in [1.82, 2.24) is 0 Å². The first-order valence-corrected chi connectivity index (χ1v) is 8.20. The Morgan fingerprint density at radius 1 is 1.28 bits per heavy atom. The molecule has 0 spiro atoms. The second kappa shape index (κ2) is 6.39. The van der Waals surface area contributed by atoms with Gasteiger partial charge in [-0.1, -0.05) is 36.8 Å². The van der Waals surface area contributed by atoms with Crippen LogP contribution in [-0.2, 0) is 15.6 Å². The van der Waals surface area contributed by atoms with Gasteiger partial charge in [-0.05, 0) is 13.3 Å². The number of hydrogen-bond acceptors (Lipinski definition) is 2. The maximum Gasteiger partial charge on any atom is 0.214 e. The van der Waals surface area contributed by atoms with E-state index < -0.39 is 0 Å². The van der Waals surface area contributed by atoms with Crippen molar-refractivity contribution in [3.05, 3.63) is 35.4 Å². The largest absolute Gasteiger partial charge is 0.372 e. The molecule has 98 valence electrons. The molecule has 0 amide bonds. The van der Waals surface area contributed by atoms with E-state index in [9.17, 15) is 4.79 Å². The number of hydrogen-bond donors (Lipinski definition) is 0. The summed E-state index contributed by atoms with van der Waals surface area (Å²) >= 11 is 0. The Hall–Kier alpha value is -0.800. The molecule has 1 saturated heterocycles. The molecule has 2 nitrogen and oxygen atoms in total. The Bertz CT molecular complexity index is 393. The monoisotopic (exact) mass is 265 g/mol. The minimum Gasteiger partial charge on any atom is -0.372 e. The van der Waals surface area contributed by atoms with Crippen molar-refractivity contribution >= 4 is 16.7 Å². The average Bonchev–Trinajstić information content (AvgIpc) is 2.41. The molecule has 0 radical (unpaired) electrons. The molecule has 1 aliphatic rings. The molecule has 18 heavy (non-hydrogen) atoms. The van der Waals surface area contributed by atoms with Crippen LogP contribution in [0.2, 0.25) is 0 Å². The van der Waals surface area contributed by atoms with Gasteiger partial charge < -0.3 is 4.74 Å². The third-order valence-electron chi connectivity index (χ3n) is 3.38. The molecular formula is C15H21O2S+. The highest BCUT2D eigenvalue weighted by molar-refractivity contribution is 7.98. The van der Waals surface area contributed by atoms with E-state index in [1.165, 1.54) is 5.56 Å². The maximum absolute atomic E-state index is 12.6. The van der Waals surface area contributed by atoms with E-state index in [4.69, 9.17) is 4.74 Å². The fourth-order valence-corrected chi connectivity index (χ4v) is 4.64. The number of rotatable bonds is 4. The van der Waals surface area contributed by atoms with Crippen LogP contribution in [0.15, 0.2) is 24.3 Å². The van der Waals surface area contributed by atoms with Crippen molar-refractivity contribution in [2.75, 3.05) is 24.7 Å². The van der Waals surface area contributed by atoms with Gasteiger partial charge in [0.25, 0.3) is 0 Å². The van der Waals surface area contributed by atoms with Gasteiger partial charge in [-0.3, -0.25) is 4.79 Å². The molecule has 0 aromatic heterocycles. The summed E-state index contributed by atoms with van der Waals surface area (Å²) in [5.74, 6) is 2.43. The van der Waals surface area contributed by atoms with Gasteiger partial charge in [-0.2, -0.15) is 0 Å². The summed E-state index contributed by atoms with van der Waals surface area (Å²) < 4.78 is 5.39. The molecule has 2 rings (SSSR count). The highest BCUT2D eigenvalue weighted by atomic mass is 32.2. The van der Waals surface area contributed by atoms with Gasteiger partial charge in [0.1, 0.15) is 11.5 Å². The van der Waals surface area contributed by atoms with E-state index in [0.717, 1.165) is 36.7 Å². The van der Waals surface area contributed by atoms with Crippen molar-refractivity contribution in [2.24, 2.45) is 0 Å². The van der Waals surface area contributed by atoms with Gasteiger partial charge in [0.2, 0.25) is 5.78 Å². The number of benzene rings is 1. The SMILES string of the molecule is CCC(C(=O)c1ccc(C)cc1)[S+]1CCOCC1. The van der Waals surface area contributed by atoms with Crippen LogP contribution in [0.1, 0.15) is 29.3 Å². The molecular weight excluding hydrogens is 244 g/mol. The van der Waals surface area contributed by atoms with E-state index in [-0.39, 0.29) is 16.1 Å². The lowest BCUT2D eigenvalue weighted by molar-refractivity contribution is 0.0985. The van der Waals surface area contributed by atoms with Crippen LogP contribution in [0.5, 0.6) is 0 Å². The van der Waals surface area contributed by atoms with E-state index in [1.807, 2.05) is 31.2 Å². The molecule has 0 N–H and O–H groups in total. The van der Waals surface area contributed by atoms with E-state index in [2.05, 4.69) is 6.92 Å². The zero-order valence-electron chi connectivity index (χ0n) is 11.1. The van der Waals surface area contributed by atoms with E-state index in [1.54, 1.807) is 0 Å². The summed E-state index contributed by atoms with van der Waals surface area (Å²) in [4.78, 5) is 12.6. The number of ketones is 1. The van der Waals surface area contributed by atoms with Crippen LogP contribution in [0.3, 0.4) is 0 Å². The van der Waals surface area contributed by atoms with Crippen LogP contribution in [-0.4, -0.2) is 35.8 Å². The van der Waals surface area contributed by atoms with Gasteiger partial charge in [0, 0.05) is 16.5 Å². The predicted molar refractivity (Wildman–Crippen MR) is 77.5 cm³/mol. The van der Waals surface area contributed by atoms with Gasteiger partial charge in [-0.15, -0.1) is 0 Å². The Labute approximate surface area is 112 Å². The van der Waals surface area contributed by atoms with Gasteiger partial charge in [0.15, 0.2) is 5.25 Å². The minimum atomic E-state index is 0.191. The first-order chi connectivity index (χ1) is 8.72. The number of ether oxygens (including phenoxy) is 1. The van der Waals surface area contributed by atoms with Gasteiger partial charge in [0.05, 0.1) is 13.2 Å². The smallest absolute Gasteiger partial charge is 0.214 e. The third kappa shape index (κ3) is 3.15. The molecule has 1 unspecified atom stereocenters. The summed E-state index contributed by atoms with van der Waals surface area (Å²) in [5, 5.41) is 0.191. The molecule has 1 atom stereocenters. The van der Waals surface area contributed by atoms with Crippen molar-refractivity contribution in [1.29, 1.82) is 0 Å². The first kappa shape index (κ1) is 13.6. The molecule has 0 saturated carbocycles. The lowest BCUT2D eigenvalue weighted by Gasteiger charge is -2.21.